The van der Waals surface area contributed by atoms with E-state index in [1.807, 2.05) is 12.1 Å². The number of hydrogen-bond donors (Lipinski definition) is 2. The lowest BCUT2D eigenvalue weighted by molar-refractivity contribution is 0.284. The Bertz CT molecular complexity index is 636. The first kappa shape index (κ1) is 15.4. The molecule has 114 valence electrons. The molecule has 3 N–H and O–H groups in total. The number of phenolic OH excluding ortho intramolecular Hbond substituents is 1. The van der Waals surface area contributed by atoms with Crippen LogP contribution in [0.3, 0.4) is 0 Å². The smallest absolute Gasteiger partial charge is 0.222 e. The van der Waals surface area contributed by atoms with Crippen LogP contribution in [-0.4, -0.2) is 10.3 Å². The van der Waals surface area contributed by atoms with Gasteiger partial charge in [-0.1, -0.05) is 45.8 Å². The minimum Gasteiger partial charge on any atom is -0.507 e. The molecule has 1 aromatic heterocycles. The molecule has 0 aliphatic rings. The number of phenols is 1. The second-order valence-electron chi connectivity index (χ2n) is 7.47. The number of nitrogens with two attached hydrogens (primary N) is 1. The first-order valence-electron chi connectivity index (χ1n) is 7.15. The molecule has 0 bridgehead atoms. The highest BCUT2D eigenvalue weighted by Gasteiger charge is 2.28. The van der Waals surface area contributed by atoms with E-state index in [1.54, 1.807) is 12.1 Å². The van der Waals surface area contributed by atoms with Crippen LogP contribution in [0, 0.1) is 5.41 Å². The van der Waals surface area contributed by atoms with Crippen LogP contribution in [0.2, 0.25) is 0 Å². The fourth-order valence-electron chi connectivity index (χ4n) is 3.01. The number of aromatic nitrogens is 1. The largest absolute Gasteiger partial charge is 0.507 e. The van der Waals surface area contributed by atoms with Crippen molar-refractivity contribution in [1.29, 1.82) is 0 Å². The molecule has 21 heavy (non-hydrogen) atoms. The summed E-state index contributed by atoms with van der Waals surface area (Å²) in [6.45, 7) is 11.1. The second kappa shape index (κ2) is 5.10. The summed E-state index contributed by atoms with van der Waals surface area (Å²) in [7, 11) is 0. The zero-order valence-electron chi connectivity index (χ0n) is 13.4. The number of benzene rings is 1. The van der Waals surface area contributed by atoms with Crippen LogP contribution in [0.5, 0.6) is 5.75 Å². The Hall–Kier alpha value is -1.97. The highest BCUT2D eigenvalue weighted by Crippen LogP contribution is 2.39. The zero-order valence-corrected chi connectivity index (χ0v) is 13.4. The Morgan fingerprint density at radius 1 is 1.14 bits per heavy atom. The van der Waals surface area contributed by atoms with Gasteiger partial charge in [-0.3, -0.25) is 0 Å². The van der Waals surface area contributed by atoms with Gasteiger partial charge in [0.1, 0.15) is 11.4 Å². The predicted molar refractivity (Wildman–Crippen MR) is 85.1 cm³/mol. The molecule has 4 heteroatoms. The highest BCUT2D eigenvalue weighted by atomic mass is 16.5. The van der Waals surface area contributed by atoms with Crippen LogP contribution in [0.15, 0.2) is 28.8 Å². The maximum atomic E-state index is 10.1. The molecule has 2 rings (SSSR count). The molecule has 0 aliphatic carbocycles. The molecule has 1 heterocycles. The molecular weight excluding hydrogens is 264 g/mol. The van der Waals surface area contributed by atoms with Crippen molar-refractivity contribution in [2.75, 3.05) is 5.73 Å². The van der Waals surface area contributed by atoms with Gasteiger partial charge in [0.05, 0.1) is 0 Å². The van der Waals surface area contributed by atoms with Gasteiger partial charge in [-0.15, -0.1) is 0 Å². The van der Waals surface area contributed by atoms with Crippen molar-refractivity contribution in [3.8, 4) is 17.0 Å². The van der Waals surface area contributed by atoms with Crippen molar-refractivity contribution in [3.63, 3.8) is 0 Å². The lowest BCUT2D eigenvalue weighted by Crippen LogP contribution is -2.24. The van der Waals surface area contributed by atoms with Gasteiger partial charge in [0.15, 0.2) is 0 Å². The number of anilines is 1. The molecular formula is C17H24N2O2. The number of nitrogen functional groups attached to an aromatic ring is 1. The standard InChI is InChI=1S/C17H24N2O2/c1-16(2,3)10-17(4,5)11-6-7-14(20)12(8-11)13-9-15(18)21-19-13/h6-9,20H,10,18H2,1-5H3. The van der Waals surface area contributed by atoms with Gasteiger partial charge >= 0.3 is 0 Å². The van der Waals surface area contributed by atoms with Crippen molar-refractivity contribution < 1.29 is 9.63 Å². The molecule has 2 aromatic rings. The quantitative estimate of drug-likeness (QED) is 0.881. The summed E-state index contributed by atoms with van der Waals surface area (Å²) in [4.78, 5) is 0. The van der Waals surface area contributed by atoms with E-state index >= 15 is 0 Å². The Kier molecular flexibility index (Phi) is 3.74. The summed E-state index contributed by atoms with van der Waals surface area (Å²) >= 11 is 0. The van der Waals surface area contributed by atoms with Gasteiger partial charge in [-0.2, -0.15) is 0 Å². The van der Waals surface area contributed by atoms with Crippen molar-refractivity contribution in [1.82, 2.24) is 5.16 Å². The molecule has 1 aromatic carbocycles. The lowest BCUT2D eigenvalue weighted by Gasteiger charge is -2.33. The maximum Gasteiger partial charge on any atom is 0.222 e. The molecule has 0 atom stereocenters. The van der Waals surface area contributed by atoms with Gasteiger partial charge in [0, 0.05) is 11.6 Å². The van der Waals surface area contributed by atoms with Crippen LogP contribution in [-0.2, 0) is 5.41 Å². The van der Waals surface area contributed by atoms with Crippen molar-refractivity contribution in [2.45, 2.75) is 46.5 Å². The van der Waals surface area contributed by atoms with Gasteiger partial charge < -0.3 is 15.4 Å². The van der Waals surface area contributed by atoms with E-state index in [4.69, 9.17) is 10.3 Å². The SMILES string of the molecule is CC(C)(C)CC(C)(C)c1ccc(O)c(-c2cc(N)on2)c1. The molecule has 0 spiro atoms. The molecule has 0 saturated carbocycles. The normalized spacial score (nSPS) is 12.6. The molecule has 0 saturated heterocycles. The Labute approximate surface area is 126 Å². The third-order valence-corrected chi connectivity index (χ3v) is 3.55. The predicted octanol–water partition coefficient (Wildman–Crippen LogP) is 4.34. The summed E-state index contributed by atoms with van der Waals surface area (Å²) in [6, 6.07) is 7.27. The second-order valence-corrected chi connectivity index (χ2v) is 7.47. The highest BCUT2D eigenvalue weighted by molar-refractivity contribution is 5.69. The van der Waals surface area contributed by atoms with Gasteiger partial charge in [0.2, 0.25) is 5.88 Å². The van der Waals surface area contributed by atoms with Gasteiger partial charge in [-0.05, 0) is 34.9 Å². The number of nitrogens with zero attached hydrogens (tertiary/aromatic N) is 1. The minimum absolute atomic E-state index is 0.00399. The summed E-state index contributed by atoms with van der Waals surface area (Å²) in [5, 5.41) is 14.0. The first-order valence-corrected chi connectivity index (χ1v) is 7.15. The van der Waals surface area contributed by atoms with Crippen LogP contribution < -0.4 is 5.73 Å². The van der Waals surface area contributed by atoms with E-state index in [0.717, 1.165) is 12.0 Å². The summed E-state index contributed by atoms with van der Waals surface area (Å²) < 4.78 is 4.90. The van der Waals surface area contributed by atoms with Crippen molar-refractivity contribution >= 4 is 5.88 Å². The minimum atomic E-state index is -0.00399. The Balaban J connectivity index is 2.43. The van der Waals surface area contributed by atoms with E-state index in [-0.39, 0.29) is 22.5 Å². The van der Waals surface area contributed by atoms with Crippen molar-refractivity contribution in [2.24, 2.45) is 5.41 Å². The third-order valence-electron chi connectivity index (χ3n) is 3.55. The van der Waals surface area contributed by atoms with Crippen LogP contribution in [0.25, 0.3) is 11.3 Å². The van der Waals surface area contributed by atoms with Gasteiger partial charge in [-0.25, -0.2) is 0 Å². The third kappa shape index (κ3) is 3.57. The van der Waals surface area contributed by atoms with E-state index in [9.17, 15) is 5.11 Å². The van der Waals surface area contributed by atoms with E-state index in [0.29, 0.717) is 11.3 Å². The fraction of sp³-hybridized carbons (Fsp3) is 0.471. The average Bonchev–Trinajstić information content (AvgIpc) is 2.72. The molecule has 0 fully saturated rings. The van der Waals surface area contributed by atoms with E-state index in [1.165, 1.54) is 0 Å². The summed E-state index contributed by atoms with van der Waals surface area (Å²) in [6.07, 6.45) is 1.03. The molecule has 0 unspecified atom stereocenters. The Morgan fingerprint density at radius 2 is 1.81 bits per heavy atom. The molecule has 0 amide bonds. The first-order chi connectivity index (χ1) is 9.58. The monoisotopic (exact) mass is 288 g/mol. The fourth-order valence-corrected chi connectivity index (χ4v) is 3.01. The number of rotatable bonds is 3. The average molecular weight is 288 g/mol. The zero-order chi connectivity index (χ0) is 15.8. The maximum absolute atomic E-state index is 10.1. The Morgan fingerprint density at radius 3 is 2.33 bits per heavy atom. The summed E-state index contributed by atoms with van der Waals surface area (Å²) in [5.74, 6) is 0.419. The van der Waals surface area contributed by atoms with E-state index in [2.05, 4.69) is 39.8 Å². The van der Waals surface area contributed by atoms with E-state index < -0.39 is 0 Å². The summed E-state index contributed by atoms with van der Waals surface area (Å²) in [5.41, 5.74) is 8.14. The van der Waals surface area contributed by atoms with Crippen LogP contribution in [0.4, 0.5) is 5.88 Å². The number of hydrogen-bond acceptors (Lipinski definition) is 4. The molecule has 0 aliphatic heterocycles. The van der Waals surface area contributed by atoms with Gasteiger partial charge in [0.25, 0.3) is 0 Å². The molecule has 0 radical (unpaired) electrons. The van der Waals surface area contributed by atoms with Crippen molar-refractivity contribution in [3.05, 3.63) is 29.8 Å². The molecule has 4 nitrogen and oxygen atoms in total. The van der Waals surface area contributed by atoms with Crippen LogP contribution >= 0.6 is 0 Å². The van der Waals surface area contributed by atoms with Crippen LogP contribution in [0.1, 0.15) is 46.6 Å². The number of aromatic hydroxyl groups is 1. The topological polar surface area (TPSA) is 72.3 Å². The lowest BCUT2D eigenvalue weighted by atomic mass is 9.72.